The average molecular weight is 328 g/mol. The van der Waals surface area contributed by atoms with Crippen LogP contribution in [0.25, 0.3) is 0 Å². The summed E-state index contributed by atoms with van der Waals surface area (Å²) in [6, 6.07) is 1.98. The van der Waals surface area contributed by atoms with Crippen molar-refractivity contribution in [1.82, 2.24) is 30.0 Å². The van der Waals surface area contributed by atoms with Crippen LogP contribution in [0.4, 0.5) is 0 Å². The molecule has 2 aromatic heterocycles. The van der Waals surface area contributed by atoms with E-state index in [-0.39, 0.29) is 11.9 Å². The molecule has 7 nitrogen and oxygen atoms in total. The minimum atomic E-state index is -0.0839. The summed E-state index contributed by atoms with van der Waals surface area (Å²) in [5, 5.41) is 10.8. The fraction of sp³-hybridized carbons (Fsp3) is 0.529. The maximum Gasteiger partial charge on any atom is 0.253 e. The van der Waals surface area contributed by atoms with Crippen molar-refractivity contribution in [2.75, 3.05) is 20.1 Å². The molecular weight excluding hydrogens is 304 g/mol. The zero-order chi connectivity index (χ0) is 17.1. The summed E-state index contributed by atoms with van der Waals surface area (Å²) < 4.78 is 2.07. The molecule has 0 spiro atoms. The molecule has 1 fully saturated rings. The van der Waals surface area contributed by atoms with Crippen molar-refractivity contribution in [1.29, 1.82) is 0 Å². The van der Waals surface area contributed by atoms with Crippen LogP contribution >= 0.6 is 0 Å². The van der Waals surface area contributed by atoms with E-state index in [1.54, 1.807) is 19.2 Å². The van der Waals surface area contributed by atoms with Gasteiger partial charge in [0, 0.05) is 19.8 Å². The van der Waals surface area contributed by atoms with Gasteiger partial charge >= 0.3 is 0 Å². The molecule has 1 aliphatic rings. The van der Waals surface area contributed by atoms with Crippen LogP contribution in [0.3, 0.4) is 0 Å². The highest BCUT2D eigenvalue weighted by molar-refractivity contribution is 5.94. The Bertz CT molecular complexity index is 713. The number of piperidine rings is 1. The van der Waals surface area contributed by atoms with Crippen LogP contribution < -0.4 is 5.32 Å². The van der Waals surface area contributed by atoms with Gasteiger partial charge in [0.1, 0.15) is 0 Å². The first-order valence-corrected chi connectivity index (χ1v) is 8.31. The van der Waals surface area contributed by atoms with Gasteiger partial charge in [-0.15, -0.1) is 0 Å². The minimum absolute atomic E-state index is 0.0839. The maximum absolute atomic E-state index is 12.4. The Morgan fingerprint density at radius 3 is 2.96 bits per heavy atom. The number of likely N-dealkylation sites (tertiary alicyclic amines) is 1. The first-order valence-electron chi connectivity index (χ1n) is 8.31. The first-order chi connectivity index (χ1) is 11.6. The molecule has 7 heteroatoms. The van der Waals surface area contributed by atoms with Crippen molar-refractivity contribution < 1.29 is 4.79 Å². The summed E-state index contributed by atoms with van der Waals surface area (Å²) >= 11 is 0. The summed E-state index contributed by atoms with van der Waals surface area (Å²) in [6.07, 6.45) is 7.54. The molecule has 0 aromatic carbocycles. The third kappa shape index (κ3) is 3.31. The lowest BCUT2D eigenvalue weighted by Crippen LogP contribution is -2.42. The van der Waals surface area contributed by atoms with Crippen LogP contribution in [-0.2, 0) is 7.05 Å². The van der Waals surface area contributed by atoms with Crippen LogP contribution in [0.5, 0.6) is 0 Å². The third-order valence-corrected chi connectivity index (χ3v) is 4.84. The number of carbonyl (C=O) groups excluding carboxylic acids is 1. The SMILES string of the molecule is Cc1nnccc1C(=O)NC[C@@H]1CCCN(C)[C@H]1c1cncn1C. The fourth-order valence-corrected chi connectivity index (χ4v) is 3.55. The number of nitrogens with one attached hydrogen (secondary N) is 1. The molecule has 3 heterocycles. The van der Waals surface area contributed by atoms with Gasteiger partial charge in [-0.1, -0.05) is 0 Å². The Labute approximate surface area is 142 Å². The van der Waals surface area contributed by atoms with Gasteiger partial charge in [0.25, 0.3) is 5.91 Å². The Morgan fingerprint density at radius 2 is 2.25 bits per heavy atom. The normalized spacial score (nSPS) is 21.6. The fourth-order valence-electron chi connectivity index (χ4n) is 3.55. The number of amides is 1. The highest BCUT2D eigenvalue weighted by Crippen LogP contribution is 2.34. The van der Waals surface area contributed by atoms with Crippen LogP contribution in [0.15, 0.2) is 24.8 Å². The summed E-state index contributed by atoms with van der Waals surface area (Å²) in [5.74, 6) is 0.276. The monoisotopic (exact) mass is 328 g/mol. The van der Waals surface area contributed by atoms with Gasteiger partial charge in [0.05, 0.1) is 35.5 Å². The van der Waals surface area contributed by atoms with Gasteiger partial charge in [0.15, 0.2) is 0 Å². The molecular formula is C17H24N6O. The molecule has 128 valence electrons. The third-order valence-electron chi connectivity index (χ3n) is 4.84. The summed E-state index contributed by atoms with van der Waals surface area (Å²) in [5.41, 5.74) is 2.43. The Hall–Kier alpha value is -2.28. The number of hydrogen-bond donors (Lipinski definition) is 1. The van der Waals surface area contributed by atoms with Crippen molar-refractivity contribution in [3.05, 3.63) is 41.7 Å². The van der Waals surface area contributed by atoms with Crippen molar-refractivity contribution >= 4 is 5.91 Å². The summed E-state index contributed by atoms with van der Waals surface area (Å²) in [6.45, 7) is 3.50. The lowest BCUT2D eigenvalue weighted by atomic mass is 9.87. The molecule has 2 atom stereocenters. The topological polar surface area (TPSA) is 75.9 Å². The van der Waals surface area contributed by atoms with Gasteiger partial charge in [-0.25, -0.2) is 4.98 Å². The molecule has 0 bridgehead atoms. The molecule has 1 saturated heterocycles. The standard InChI is InChI=1S/C17H24N6O/c1-12-14(6-7-20-21-12)17(24)19-9-13-5-4-8-22(2)16(13)15-10-18-11-23(15)3/h6-7,10-11,13,16H,4-5,8-9H2,1-3H3,(H,19,24)/t13-,16+/m0/s1. The van der Waals surface area contributed by atoms with Gasteiger partial charge < -0.3 is 9.88 Å². The largest absolute Gasteiger partial charge is 0.352 e. The number of carbonyl (C=O) groups is 1. The quantitative estimate of drug-likeness (QED) is 0.916. The van der Waals surface area contributed by atoms with Crippen LogP contribution in [0.1, 0.15) is 40.6 Å². The number of imidazole rings is 1. The molecule has 0 radical (unpaired) electrons. The smallest absolute Gasteiger partial charge is 0.253 e. The van der Waals surface area contributed by atoms with Gasteiger partial charge in [-0.2, -0.15) is 10.2 Å². The molecule has 0 saturated carbocycles. The second-order valence-corrected chi connectivity index (χ2v) is 6.50. The summed E-state index contributed by atoms with van der Waals surface area (Å²) in [4.78, 5) is 19.1. The number of rotatable bonds is 4. The van der Waals surface area contributed by atoms with E-state index in [1.165, 1.54) is 5.69 Å². The second kappa shape index (κ2) is 7.09. The molecule has 1 aliphatic heterocycles. The van der Waals surface area contributed by atoms with E-state index >= 15 is 0 Å². The summed E-state index contributed by atoms with van der Waals surface area (Å²) in [7, 11) is 4.16. The zero-order valence-electron chi connectivity index (χ0n) is 14.4. The minimum Gasteiger partial charge on any atom is -0.352 e. The van der Waals surface area contributed by atoms with E-state index in [0.29, 0.717) is 23.7 Å². The average Bonchev–Trinajstić information content (AvgIpc) is 2.99. The lowest BCUT2D eigenvalue weighted by molar-refractivity contribution is 0.0880. The van der Waals surface area contributed by atoms with Crippen molar-refractivity contribution in [3.63, 3.8) is 0 Å². The van der Waals surface area contributed by atoms with Crippen LogP contribution in [0, 0.1) is 12.8 Å². The predicted octanol–water partition coefficient (Wildman–Crippen LogP) is 1.33. The van der Waals surface area contributed by atoms with Crippen molar-refractivity contribution in [2.24, 2.45) is 13.0 Å². The molecule has 1 amide bonds. The van der Waals surface area contributed by atoms with Crippen LogP contribution in [0.2, 0.25) is 0 Å². The van der Waals surface area contributed by atoms with E-state index in [1.807, 2.05) is 19.6 Å². The molecule has 3 rings (SSSR count). The van der Waals surface area contributed by atoms with Crippen LogP contribution in [-0.4, -0.2) is 50.7 Å². The highest BCUT2D eigenvalue weighted by atomic mass is 16.1. The van der Waals surface area contributed by atoms with E-state index in [4.69, 9.17) is 0 Å². The predicted molar refractivity (Wildman–Crippen MR) is 90.4 cm³/mol. The van der Waals surface area contributed by atoms with E-state index in [0.717, 1.165) is 19.4 Å². The Morgan fingerprint density at radius 1 is 1.42 bits per heavy atom. The van der Waals surface area contributed by atoms with Gasteiger partial charge in [-0.05, 0) is 45.3 Å². The van der Waals surface area contributed by atoms with E-state index < -0.39 is 0 Å². The zero-order valence-corrected chi connectivity index (χ0v) is 14.4. The highest BCUT2D eigenvalue weighted by Gasteiger charge is 2.32. The van der Waals surface area contributed by atoms with E-state index in [2.05, 4.69) is 37.0 Å². The van der Waals surface area contributed by atoms with Gasteiger partial charge in [0.2, 0.25) is 0 Å². The molecule has 1 N–H and O–H groups in total. The molecule has 2 aromatic rings. The van der Waals surface area contributed by atoms with Gasteiger partial charge in [-0.3, -0.25) is 9.69 Å². The van der Waals surface area contributed by atoms with Crippen molar-refractivity contribution in [2.45, 2.75) is 25.8 Å². The lowest BCUT2D eigenvalue weighted by Gasteiger charge is -2.39. The molecule has 0 unspecified atom stereocenters. The Balaban J connectivity index is 1.72. The number of nitrogens with zero attached hydrogens (tertiary/aromatic N) is 5. The number of aryl methyl sites for hydroxylation is 2. The number of hydrogen-bond acceptors (Lipinski definition) is 5. The number of aromatic nitrogens is 4. The second-order valence-electron chi connectivity index (χ2n) is 6.50. The maximum atomic E-state index is 12.4. The van der Waals surface area contributed by atoms with E-state index in [9.17, 15) is 4.79 Å². The first kappa shape index (κ1) is 16.6. The Kier molecular flexibility index (Phi) is 4.89. The van der Waals surface area contributed by atoms with Crippen molar-refractivity contribution in [3.8, 4) is 0 Å². The molecule has 24 heavy (non-hydrogen) atoms. The molecule has 0 aliphatic carbocycles.